The molecule has 0 unspecified atom stereocenters. The first kappa shape index (κ1) is 23.2. The number of piperidine rings is 1. The number of nitrogens with one attached hydrogen (secondary N) is 2. The number of hydrogen-bond acceptors (Lipinski definition) is 8. The van der Waals surface area contributed by atoms with E-state index in [0.29, 0.717) is 31.0 Å². The highest BCUT2D eigenvalue weighted by Gasteiger charge is 2.46. The number of rotatable bonds is 10. The van der Waals surface area contributed by atoms with Gasteiger partial charge < -0.3 is 19.9 Å². The minimum atomic E-state index is -3.33. The van der Waals surface area contributed by atoms with Crippen LogP contribution in [0.25, 0.3) is 0 Å². The second-order valence-corrected chi connectivity index (χ2v) is 11.8. The number of carbonyl (C=O) groups excluding carboxylic acids is 1. The first-order valence-corrected chi connectivity index (χ1v) is 13.9. The van der Waals surface area contributed by atoms with E-state index in [1.54, 1.807) is 10.4 Å². The van der Waals surface area contributed by atoms with Crippen molar-refractivity contribution in [3.63, 3.8) is 0 Å². The lowest BCUT2D eigenvalue weighted by Crippen LogP contribution is -2.53. The normalized spacial score (nSPS) is 28.8. The van der Waals surface area contributed by atoms with Gasteiger partial charge in [-0.25, -0.2) is 8.42 Å². The van der Waals surface area contributed by atoms with Gasteiger partial charge in [-0.3, -0.25) is 9.69 Å². The Bertz CT molecular complexity index is 913. The van der Waals surface area contributed by atoms with Gasteiger partial charge in [0.2, 0.25) is 10.0 Å². The van der Waals surface area contributed by atoms with E-state index in [1.807, 2.05) is 0 Å². The van der Waals surface area contributed by atoms with Gasteiger partial charge in [0.05, 0.1) is 19.0 Å². The Hall–Kier alpha value is -1.53. The molecular formula is C22H35N5O5S. The molecule has 184 valence electrons. The molecule has 1 aromatic heterocycles. The summed E-state index contributed by atoms with van der Waals surface area (Å²) in [6.07, 6.45) is 5.21. The first-order chi connectivity index (χ1) is 16.0. The summed E-state index contributed by atoms with van der Waals surface area (Å²) in [6.45, 7) is 5.56. The third-order valence-electron chi connectivity index (χ3n) is 7.31. The quantitative estimate of drug-likeness (QED) is 0.465. The maximum absolute atomic E-state index is 13.1. The van der Waals surface area contributed by atoms with Crippen LogP contribution in [0, 0.1) is 0 Å². The third kappa shape index (κ3) is 5.59. The van der Waals surface area contributed by atoms with Gasteiger partial charge in [-0.2, -0.15) is 4.31 Å². The summed E-state index contributed by atoms with van der Waals surface area (Å²) in [5, 5.41) is 10.3. The second-order valence-electron chi connectivity index (χ2n) is 9.77. The topological polar surface area (TPSA) is 117 Å². The Balaban J connectivity index is 1.07. The van der Waals surface area contributed by atoms with E-state index in [1.165, 1.54) is 0 Å². The number of carbonyl (C=O) groups is 1. The molecular weight excluding hydrogens is 446 g/mol. The number of amides is 1. The molecule has 10 nitrogen and oxygen atoms in total. The summed E-state index contributed by atoms with van der Waals surface area (Å²) >= 11 is 0. The van der Waals surface area contributed by atoms with Gasteiger partial charge in [0, 0.05) is 62.8 Å². The molecule has 1 saturated carbocycles. The summed E-state index contributed by atoms with van der Waals surface area (Å²) < 4.78 is 38.5. The van der Waals surface area contributed by atoms with Crippen LogP contribution < -0.4 is 10.6 Å². The molecule has 2 bridgehead atoms. The van der Waals surface area contributed by atoms with Crippen LogP contribution >= 0.6 is 0 Å². The standard InChI is InChI=1S/C22H35N5O5S/c28-22(20-15-21(32-25-20)16-1-2-16)24-17-13-18-3-4-19(14-17)27(18)33(29,30)12-6-23-5-7-26-8-10-31-11-9-26/h15-19,23H,1-14H2,(H,24,28)/t17-,18+,19-. The average Bonchev–Trinajstić information content (AvgIpc) is 3.45. The molecule has 4 aliphatic rings. The number of hydrogen-bond donors (Lipinski definition) is 2. The summed E-state index contributed by atoms with van der Waals surface area (Å²) in [5.41, 5.74) is 0.322. The predicted octanol–water partition coefficient (Wildman–Crippen LogP) is 0.529. The van der Waals surface area contributed by atoms with Crippen molar-refractivity contribution in [2.24, 2.45) is 0 Å². The fraction of sp³-hybridized carbons (Fsp3) is 0.818. The maximum atomic E-state index is 13.1. The van der Waals surface area contributed by atoms with E-state index in [-0.39, 0.29) is 29.8 Å². The minimum absolute atomic E-state index is 0.0332. The highest BCUT2D eigenvalue weighted by molar-refractivity contribution is 7.89. The molecule has 2 N–H and O–H groups in total. The Labute approximate surface area is 195 Å². The van der Waals surface area contributed by atoms with Crippen molar-refractivity contribution < 1.29 is 22.5 Å². The minimum Gasteiger partial charge on any atom is -0.379 e. The van der Waals surface area contributed by atoms with Crippen LogP contribution in [0.3, 0.4) is 0 Å². The lowest BCUT2D eigenvalue weighted by Gasteiger charge is -2.38. The molecule has 5 rings (SSSR count). The van der Waals surface area contributed by atoms with Gasteiger partial charge in [0.25, 0.3) is 5.91 Å². The molecule has 0 radical (unpaired) electrons. The number of nitrogens with zero attached hydrogens (tertiary/aromatic N) is 3. The van der Waals surface area contributed by atoms with Gasteiger partial charge in [-0.15, -0.1) is 0 Å². The zero-order chi connectivity index (χ0) is 22.8. The van der Waals surface area contributed by atoms with Crippen LogP contribution in [0.1, 0.15) is 60.7 Å². The average molecular weight is 482 g/mol. The number of ether oxygens (including phenoxy) is 1. The highest BCUT2D eigenvalue weighted by atomic mass is 32.2. The molecule has 0 spiro atoms. The van der Waals surface area contributed by atoms with E-state index in [0.717, 1.165) is 70.8 Å². The van der Waals surface area contributed by atoms with Crippen molar-refractivity contribution in [1.29, 1.82) is 0 Å². The van der Waals surface area contributed by atoms with E-state index in [9.17, 15) is 13.2 Å². The second kappa shape index (κ2) is 9.99. The fourth-order valence-corrected chi connectivity index (χ4v) is 7.32. The van der Waals surface area contributed by atoms with Crippen LogP contribution in [0.5, 0.6) is 0 Å². The molecule has 0 aromatic carbocycles. The number of morpholine rings is 1. The van der Waals surface area contributed by atoms with E-state index in [2.05, 4.69) is 20.7 Å². The molecule has 1 aliphatic carbocycles. The zero-order valence-electron chi connectivity index (χ0n) is 19.1. The maximum Gasteiger partial charge on any atom is 0.273 e. The molecule has 11 heteroatoms. The lowest BCUT2D eigenvalue weighted by molar-refractivity contribution is 0.0385. The monoisotopic (exact) mass is 481 g/mol. The summed E-state index contributed by atoms with van der Waals surface area (Å²) in [4.78, 5) is 14.9. The van der Waals surface area contributed by atoms with Crippen molar-refractivity contribution >= 4 is 15.9 Å². The highest BCUT2D eigenvalue weighted by Crippen LogP contribution is 2.40. The van der Waals surface area contributed by atoms with Crippen molar-refractivity contribution in [3.05, 3.63) is 17.5 Å². The van der Waals surface area contributed by atoms with Crippen LogP contribution in [0.15, 0.2) is 10.6 Å². The van der Waals surface area contributed by atoms with Crippen LogP contribution in [0.2, 0.25) is 0 Å². The Morgan fingerprint density at radius 3 is 2.52 bits per heavy atom. The third-order valence-corrected chi connectivity index (χ3v) is 9.27. The van der Waals surface area contributed by atoms with Crippen molar-refractivity contribution in [1.82, 2.24) is 25.0 Å². The molecule has 3 atom stereocenters. The van der Waals surface area contributed by atoms with Crippen LogP contribution in [-0.4, -0.2) is 98.5 Å². The molecule has 1 amide bonds. The Kier molecular flexibility index (Phi) is 7.03. The number of sulfonamides is 1. The van der Waals surface area contributed by atoms with Crippen molar-refractivity contribution in [2.45, 2.75) is 62.6 Å². The molecule has 33 heavy (non-hydrogen) atoms. The molecule has 3 aliphatic heterocycles. The molecule has 4 fully saturated rings. The molecule has 1 aromatic rings. The van der Waals surface area contributed by atoms with Gasteiger partial charge in [-0.05, 0) is 38.5 Å². The number of aromatic nitrogens is 1. The fourth-order valence-electron chi connectivity index (χ4n) is 5.42. The largest absolute Gasteiger partial charge is 0.379 e. The Morgan fingerprint density at radius 1 is 1.09 bits per heavy atom. The summed E-state index contributed by atoms with van der Waals surface area (Å²) in [5.74, 6) is 1.09. The SMILES string of the molecule is O=C(N[C@H]1C[C@H]2CC[C@@H](C1)N2S(=O)(=O)CCNCCN1CCOCC1)c1cc(C2CC2)on1. The van der Waals surface area contributed by atoms with E-state index >= 15 is 0 Å². The van der Waals surface area contributed by atoms with Gasteiger partial charge in [-0.1, -0.05) is 5.16 Å². The molecule has 3 saturated heterocycles. The molecule has 4 heterocycles. The first-order valence-electron chi connectivity index (χ1n) is 12.3. The summed E-state index contributed by atoms with van der Waals surface area (Å²) in [7, 11) is -3.33. The number of fused-ring (bicyclic) bond motifs is 2. The summed E-state index contributed by atoms with van der Waals surface area (Å²) in [6, 6.07) is 1.64. The van der Waals surface area contributed by atoms with Crippen LogP contribution in [0.4, 0.5) is 0 Å². The van der Waals surface area contributed by atoms with Gasteiger partial charge in [0.1, 0.15) is 5.76 Å². The zero-order valence-corrected chi connectivity index (χ0v) is 19.9. The van der Waals surface area contributed by atoms with Crippen molar-refractivity contribution in [2.75, 3.05) is 51.7 Å². The van der Waals surface area contributed by atoms with E-state index < -0.39 is 10.0 Å². The van der Waals surface area contributed by atoms with E-state index in [4.69, 9.17) is 9.26 Å². The van der Waals surface area contributed by atoms with Crippen LogP contribution in [-0.2, 0) is 14.8 Å². The van der Waals surface area contributed by atoms with Gasteiger partial charge in [0.15, 0.2) is 5.69 Å². The smallest absolute Gasteiger partial charge is 0.273 e. The Morgan fingerprint density at radius 2 is 1.82 bits per heavy atom. The predicted molar refractivity (Wildman–Crippen MR) is 122 cm³/mol. The van der Waals surface area contributed by atoms with Crippen molar-refractivity contribution in [3.8, 4) is 0 Å². The lowest BCUT2D eigenvalue weighted by atomic mass is 9.99. The van der Waals surface area contributed by atoms with Gasteiger partial charge >= 0.3 is 0 Å².